The first kappa shape index (κ1) is 36.5. The number of halogens is 6. The summed E-state index contributed by atoms with van der Waals surface area (Å²) in [5.74, 6) is 0. The van der Waals surface area contributed by atoms with Crippen LogP contribution in [0.4, 0.5) is 26.3 Å². The second-order valence-electron chi connectivity index (χ2n) is 8.67. The van der Waals surface area contributed by atoms with Crippen LogP contribution in [0.15, 0.2) is 0 Å². The van der Waals surface area contributed by atoms with E-state index in [2.05, 4.69) is 6.92 Å². The highest BCUT2D eigenvalue weighted by atomic mass is 32.3. The number of likely N-dealkylation sites (tertiary alicyclic amines) is 1. The maximum atomic E-state index is 11.4. The Balaban J connectivity index is 0.000000757. The van der Waals surface area contributed by atoms with Gasteiger partial charge < -0.3 is 21.9 Å². The number of unbranched alkanes of at least 4 members (excludes halogenated alkanes) is 5. The van der Waals surface area contributed by atoms with Gasteiger partial charge in [0.05, 0.1) is 32.2 Å². The summed E-state index contributed by atoms with van der Waals surface area (Å²) in [5.41, 5.74) is -12.4. The van der Waals surface area contributed by atoms with Crippen LogP contribution in [0, 0.1) is 0 Å². The average molecular weight is 613 g/mol. The Kier molecular flexibility index (Phi) is 15.1. The molecule has 1 fully saturated rings. The highest BCUT2D eigenvalue weighted by molar-refractivity contribution is 8.13. The highest BCUT2D eigenvalue weighted by Gasteiger charge is 2.47. The molecule has 1 saturated heterocycles. The minimum Gasteiger partial charge on any atom is -0.421 e. The van der Waals surface area contributed by atoms with Gasteiger partial charge in [0.25, 0.3) is 0 Å². The van der Waals surface area contributed by atoms with Gasteiger partial charge in [-0.15, -0.1) is 0 Å². The van der Waals surface area contributed by atoms with Crippen molar-refractivity contribution in [2.24, 2.45) is 0 Å². The molecule has 0 atom stereocenters. The van der Waals surface area contributed by atoms with Crippen LogP contribution in [0.1, 0.15) is 58.3 Å². The third kappa shape index (κ3) is 12.0. The smallest absolute Gasteiger partial charge is 0.421 e. The monoisotopic (exact) mass is 612 g/mol. The van der Waals surface area contributed by atoms with Crippen molar-refractivity contribution in [1.82, 2.24) is 0 Å². The zero-order valence-corrected chi connectivity index (χ0v) is 24.2. The van der Waals surface area contributed by atoms with E-state index in [1.54, 1.807) is 21.3 Å². The Morgan fingerprint density at radius 3 is 1.51 bits per heavy atom. The molecule has 0 saturated carbocycles. The summed E-state index contributed by atoms with van der Waals surface area (Å²) in [5, 5.41) is 0. The van der Waals surface area contributed by atoms with Crippen molar-refractivity contribution in [2.75, 3.05) is 47.5 Å². The Hall–Kier alpha value is -0.503. The maximum Gasteiger partial charge on any atom is 0.505 e. The topological polar surface area (TPSA) is 110 Å². The Bertz CT molecular complexity index is 811. The normalized spacial score (nSPS) is 16.9. The van der Waals surface area contributed by atoms with Gasteiger partial charge in [0.15, 0.2) is 20.0 Å². The summed E-state index contributed by atoms with van der Waals surface area (Å²) < 4.78 is 127. The third-order valence-electron chi connectivity index (χ3n) is 6.11. The molecule has 1 rings (SSSR count). The molecule has 0 unspecified atom stereocenters. The van der Waals surface area contributed by atoms with Gasteiger partial charge in [-0.2, -0.15) is 26.3 Å². The van der Waals surface area contributed by atoms with Crippen LogP contribution in [0.2, 0.25) is 6.04 Å². The predicted molar refractivity (Wildman–Crippen MR) is 127 cm³/mol. The van der Waals surface area contributed by atoms with Gasteiger partial charge in [-0.3, -0.25) is 0 Å². The van der Waals surface area contributed by atoms with Crippen molar-refractivity contribution in [3.63, 3.8) is 0 Å². The largest absolute Gasteiger partial charge is 0.505 e. The SMILES string of the molecule is CCCCCCCC[N+]1(CC[Si](OC)(OC)OC)CCCC1.O=S(=O)([N-]S(=O)(=O)C(F)(F)F)C(F)(F)F. The fraction of sp³-hybridized carbons (Fsp3) is 1.00. The van der Waals surface area contributed by atoms with Gasteiger partial charge in [-0.05, 0) is 12.8 Å². The van der Waals surface area contributed by atoms with Gasteiger partial charge in [0, 0.05) is 34.2 Å². The first-order chi connectivity index (χ1) is 16.9. The van der Waals surface area contributed by atoms with Gasteiger partial charge in [0.2, 0.25) is 0 Å². The van der Waals surface area contributed by atoms with Crippen LogP contribution in [0.25, 0.3) is 4.13 Å². The van der Waals surface area contributed by atoms with Crippen LogP contribution in [0.5, 0.6) is 0 Å². The number of sulfonamides is 2. The zero-order valence-electron chi connectivity index (χ0n) is 21.5. The van der Waals surface area contributed by atoms with Crippen LogP contribution in [-0.2, 0) is 33.3 Å². The van der Waals surface area contributed by atoms with Gasteiger partial charge >= 0.3 is 19.8 Å². The van der Waals surface area contributed by atoms with Crippen LogP contribution < -0.4 is 0 Å². The van der Waals surface area contributed by atoms with E-state index in [9.17, 15) is 43.2 Å². The first-order valence-corrected chi connectivity index (χ1v) is 16.5. The van der Waals surface area contributed by atoms with Crippen molar-refractivity contribution < 1.29 is 60.9 Å². The molecule has 0 aromatic heterocycles. The zero-order chi connectivity index (χ0) is 29.0. The minimum atomic E-state index is -6.72. The molecule has 0 aliphatic carbocycles. The molecule has 0 aromatic carbocycles. The molecule has 0 amide bonds. The van der Waals surface area contributed by atoms with Crippen molar-refractivity contribution in [1.29, 1.82) is 0 Å². The molecular weight excluding hydrogens is 574 g/mol. The summed E-state index contributed by atoms with van der Waals surface area (Å²) in [4.78, 5) is 0. The van der Waals surface area contributed by atoms with Crippen LogP contribution in [-0.4, -0.2) is 88.6 Å². The van der Waals surface area contributed by atoms with E-state index in [0.29, 0.717) is 0 Å². The fourth-order valence-corrected chi connectivity index (χ4v) is 7.51. The second-order valence-corrected chi connectivity index (χ2v) is 15.2. The number of nitrogens with zero attached hydrogens (tertiary/aromatic N) is 2. The third-order valence-corrected chi connectivity index (χ3v) is 11.5. The molecule has 0 spiro atoms. The van der Waals surface area contributed by atoms with Crippen molar-refractivity contribution >= 4 is 28.9 Å². The van der Waals surface area contributed by atoms with E-state index in [1.165, 1.54) is 75.5 Å². The molecule has 0 aromatic rings. The molecule has 1 aliphatic rings. The second kappa shape index (κ2) is 15.3. The van der Waals surface area contributed by atoms with E-state index in [4.69, 9.17) is 13.3 Å². The molecule has 0 N–H and O–H groups in total. The lowest BCUT2D eigenvalue weighted by Crippen LogP contribution is -2.52. The lowest BCUT2D eigenvalue weighted by atomic mass is 10.1. The number of quaternary nitrogens is 1. The minimum absolute atomic E-state index is 0.778. The van der Waals surface area contributed by atoms with E-state index < -0.39 is 39.9 Å². The lowest BCUT2D eigenvalue weighted by Gasteiger charge is -2.36. The molecular formula is C19H38F6N2O7S2Si. The number of alkyl halides is 6. The molecule has 0 bridgehead atoms. The molecule has 1 heterocycles. The predicted octanol–water partition coefficient (Wildman–Crippen LogP) is 4.89. The summed E-state index contributed by atoms with van der Waals surface area (Å²) in [6.45, 7) is 7.42. The number of rotatable bonds is 15. The summed E-state index contributed by atoms with van der Waals surface area (Å²) in [7, 11) is -10.7. The standard InChI is InChI=1S/C17H38NO3Si.C2F6NO4S2/c1-5-6-7-8-9-10-13-18(14-11-12-15-18)16-17-22(19-2,20-3)21-4;3-1(4,5)14(10,11)9-15(12,13)2(6,7)8/h5-17H2,1-4H3;/q+1;-1. The molecule has 18 heteroatoms. The molecule has 1 aliphatic heterocycles. The van der Waals surface area contributed by atoms with E-state index >= 15 is 0 Å². The highest BCUT2D eigenvalue weighted by Crippen LogP contribution is 2.36. The van der Waals surface area contributed by atoms with Crippen LogP contribution >= 0.6 is 0 Å². The summed E-state index contributed by atoms with van der Waals surface area (Å²) in [6.07, 6.45) is 11.0. The number of hydrogen-bond donors (Lipinski definition) is 0. The molecule has 9 nitrogen and oxygen atoms in total. The lowest BCUT2D eigenvalue weighted by molar-refractivity contribution is -0.915. The molecule has 0 radical (unpaired) electrons. The maximum absolute atomic E-state index is 11.4. The average Bonchev–Trinajstić information content (AvgIpc) is 3.25. The summed E-state index contributed by atoms with van der Waals surface area (Å²) >= 11 is 0. The molecule has 224 valence electrons. The first-order valence-electron chi connectivity index (χ1n) is 11.7. The van der Waals surface area contributed by atoms with Crippen molar-refractivity contribution in [2.45, 2.75) is 75.4 Å². The Morgan fingerprint density at radius 1 is 0.730 bits per heavy atom. The van der Waals surface area contributed by atoms with E-state index in [1.807, 2.05) is 0 Å². The van der Waals surface area contributed by atoms with E-state index in [0.717, 1.165) is 16.7 Å². The van der Waals surface area contributed by atoms with E-state index in [-0.39, 0.29) is 0 Å². The fourth-order valence-electron chi connectivity index (χ4n) is 3.94. The van der Waals surface area contributed by atoms with Crippen molar-refractivity contribution in [3.8, 4) is 0 Å². The summed E-state index contributed by atoms with van der Waals surface area (Å²) in [6, 6.07) is 0.937. The Labute approximate surface area is 216 Å². The van der Waals surface area contributed by atoms with Crippen molar-refractivity contribution in [3.05, 3.63) is 4.13 Å². The Morgan fingerprint density at radius 2 is 1.14 bits per heavy atom. The number of hydrogen-bond acceptors (Lipinski definition) is 7. The van der Waals surface area contributed by atoms with Gasteiger partial charge in [-0.1, -0.05) is 32.6 Å². The molecule has 37 heavy (non-hydrogen) atoms. The van der Waals surface area contributed by atoms with Crippen LogP contribution in [0.3, 0.4) is 0 Å². The van der Waals surface area contributed by atoms with Gasteiger partial charge in [-0.25, -0.2) is 16.8 Å². The quantitative estimate of drug-likeness (QED) is 0.112. The van der Waals surface area contributed by atoms with Gasteiger partial charge in [0.1, 0.15) is 0 Å².